The second-order valence-electron chi connectivity index (χ2n) is 2.92. The molecule has 0 aliphatic carbocycles. The summed E-state index contributed by atoms with van der Waals surface area (Å²) in [7, 11) is 0.695. The van der Waals surface area contributed by atoms with Crippen LogP contribution in [-0.2, 0) is 15.5 Å². The minimum atomic E-state index is -4.34. The molecule has 0 aromatic heterocycles. The van der Waals surface area contributed by atoms with E-state index in [1.54, 1.807) is 0 Å². The Balaban J connectivity index is 3.71. The average molecular weight is 268 g/mol. The summed E-state index contributed by atoms with van der Waals surface area (Å²) in [6, 6.07) is 1.63. The smallest absolute Gasteiger partial charge is 0.258 e. The Morgan fingerprint density at radius 3 is 2.44 bits per heavy atom. The van der Waals surface area contributed by atoms with Crippen LogP contribution in [0.15, 0.2) is 17.0 Å². The molecule has 0 saturated carbocycles. The Kier molecular flexibility index (Phi) is 3.49. The van der Waals surface area contributed by atoms with E-state index >= 15 is 0 Å². The van der Waals surface area contributed by atoms with Gasteiger partial charge in [-0.05, 0) is 12.5 Å². The third kappa shape index (κ3) is 2.30. The molecule has 0 aliphatic rings. The van der Waals surface area contributed by atoms with Gasteiger partial charge in [-0.25, -0.2) is 12.8 Å². The maximum Gasteiger partial charge on any atom is 0.274 e. The van der Waals surface area contributed by atoms with Gasteiger partial charge in [0.25, 0.3) is 14.7 Å². The van der Waals surface area contributed by atoms with Gasteiger partial charge >= 0.3 is 0 Å². The molecule has 0 aliphatic heterocycles. The van der Waals surface area contributed by atoms with Crippen LogP contribution in [0.4, 0.5) is 10.1 Å². The SMILES string of the molecule is CCc1c([N+](=O)[O-])ccc(F)c1S(=O)(=O)Cl. The van der Waals surface area contributed by atoms with Crippen LogP contribution in [0, 0.1) is 15.9 Å². The molecule has 0 saturated heterocycles. The Labute approximate surface area is 95.4 Å². The lowest BCUT2D eigenvalue weighted by Crippen LogP contribution is -2.05. The molecule has 1 aromatic carbocycles. The van der Waals surface area contributed by atoms with Crippen molar-refractivity contribution < 1.29 is 17.7 Å². The lowest BCUT2D eigenvalue weighted by atomic mass is 10.1. The molecule has 0 amide bonds. The van der Waals surface area contributed by atoms with E-state index in [1.807, 2.05) is 0 Å². The largest absolute Gasteiger partial charge is 0.274 e. The second-order valence-corrected chi connectivity index (χ2v) is 5.43. The van der Waals surface area contributed by atoms with Gasteiger partial charge in [0.1, 0.15) is 10.7 Å². The molecular weight excluding hydrogens is 261 g/mol. The van der Waals surface area contributed by atoms with Crippen molar-refractivity contribution in [2.75, 3.05) is 0 Å². The Hall–Kier alpha value is -1.21. The predicted octanol–water partition coefficient (Wildman–Crippen LogP) is 2.22. The van der Waals surface area contributed by atoms with Crippen molar-refractivity contribution in [1.29, 1.82) is 0 Å². The third-order valence-corrected chi connectivity index (χ3v) is 3.37. The van der Waals surface area contributed by atoms with Crippen LogP contribution in [0.1, 0.15) is 12.5 Å². The highest BCUT2D eigenvalue weighted by Gasteiger charge is 2.27. The number of hydrogen-bond donors (Lipinski definition) is 0. The van der Waals surface area contributed by atoms with Crippen LogP contribution < -0.4 is 0 Å². The van der Waals surface area contributed by atoms with E-state index in [-0.39, 0.29) is 12.0 Å². The average Bonchev–Trinajstić information content (AvgIpc) is 2.14. The molecule has 0 heterocycles. The molecular formula is C8H7ClFNO4S. The van der Waals surface area contributed by atoms with Gasteiger partial charge in [0.2, 0.25) is 0 Å². The normalized spacial score (nSPS) is 11.4. The van der Waals surface area contributed by atoms with Crippen LogP contribution in [0.5, 0.6) is 0 Å². The van der Waals surface area contributed by atoms with Crippen LogP contribution in [0.3, 0.4) is 0 Å². The fourth-order valence-electron chi connectivity index (χ4n) is 1.37. The first-order chi connectivity index (χ1) is 7.29. The number of rotatable bonds is 3. The number of hydrogen-bond acceptors (Lipinski definition) is 4. The number of nitro benzene ring substituents is 1. The third-order valence-electron chi connectivity index (χ3n) is 1.98. The van der Waals surface area contributed by atoms with Gasteiger partial charge in [0, 0.05) is 16.7 Å². The van der Waals surface area contributed by atoms with Crippen molar-refractivity contribution >= 4 is 25.4 Å². The minimum absolute atomic E-state index is 0.00461. The number of halogens is 2. The van der Waals surface area contributed by atoms with Crippen LogP contribution in [-0.4, -0.2) is 13.3 Å². The summed E-state index contributed by atoms with van der Waals surface area (Å²) >= 11 is 0. The molecule has 0 atom stereocenters. The molecule has 16 heavy (non-hydrogen) atoms. The highest BCUT2D eigenvalue weighted by Crippen LogP contribution is 2.30. The van der Waals surface area contributed by atoms with Crippen molar-refractivity contribution in [2.24, 2.45) is 0 Å². The maximum atomic E-state index is 13.3. The Morgan fingerprint density at radius 1 is 1.50 bits per heavy atom. The molecule has 0 spiro atoms. The fourth-order valence-corrected chi connectivity index (χ4v) is 2.71. The summed E-state index contributed by atoms with van der Waals surface area (Å²) in [4.78, 5) is 9.03. The van der Waals surface area contributed by atoms with Crippen LogP contribution in [0.2, 0.25) is 0 Å². The standard InChI is InChI=1S/C8H7ClFNO4S/c1-2-5-7(11(12)13)4-3-6(10)8(5)16(9,14)15/h3-4H,2H2,1H3. The predicted molar refractivity (Wildman–Crippen MR) is 55.5 cm³/mol. The van der Waals surface area contributed by atoms with Gasteiger partial charge in [0.05, 0.1) is 10.5 Å². The molecule has 1 rings (SSSR count). The van der Waals surface area contributed by atoms with E-state index in [0.29, 0.717) is 6.07 Å². The van der Waals surface area contributed by atoms with Crippen molar-refractivity contribution in [1.82, 2.24) is 0 Å². The number of nitrogens with zero attached hydrogens (tertiary/aromatic N) is 1. The van der Waals surface area contributed by atoms with Crippen LogP contribution >= 0.6 is 10.7 Å². The molecule has 88 valence electrons. The number of nitro groups is 1. The molecule has 8 heteroatoms. The minimum Gasteiger partial charge on any atom is -0.258 e. The van der Waals surface area contributed by atoms with Crippen LogP contribution in [0.25, 0.3) is 0 Å². The lowest BCUT2D eigenvalue weighted by Gasteiger charge is -2.06. The zero-order valence-electron chi connectivity index (χ0n) is 8.11. The van der Waals surface area contributed by atoms with Gasteiger partial charge in [-0.2, -0.15) is 0 Å². The summed E-state index contributed by atoms with van der Waals surface area (Å²) in [5, 5.41) is 10.6. The van der Waals surface area contributed by atoms with Crippen molar-refractivity contribution in [3.63, 3.8) is 0 Å². The van der Waals surface area contributed by atoms with E-state index in [0.717, 1.165) is 6.07 Å². The van der Waals surface area contributed by atoms with Crippen molar-refractivity contribution in [2.45, 2.75) is 18.2 Å². The summed E-state index contributed by atoms with van der Waals surface area (Å²) < 4.78 is 35.5. The quantitative estimate of drug-likeness (QED) is 0.478. The maximum absolute atomic E-state index is 13.3. The first-order valence-corrected chi connectivity index (χ1v) is 6.50. The molecule has 0 unspecified atom stereocenters. The summed E-state index contributed by atoms with van der Waals surface area (Å²) in [6.07, 6.45) is -0.00461. The first-order valence-electron chi connectivity index (χ1n) is 4.19. The van der Waals surface area contributed by atoms with Gasteiger partial charge in [0.15, 0.2) is 0 Å². The summed E-state index contributed by atoms with van der Waals surface area (Å²) in [6.45, 7) is 1.48. The lowest BCUT2D eigenvalue weighted by molar-refractivity contribution is -0.385. The topological polar surface area (TPSA) is 77.3 Å². The van der Waals surface area contributed by atoms with Gasteiger partial charge in [-0.15, -0.1) is 0 Å². The van der Waals surface area contributed by atoms with Gasteiger partial charge in [-0.3, -0.25) is 10.1 Å². The molecule has 0 N–H and O–H groups in total. The van der Waals surface area contributed by atoms with Crippen molar-refractivity contribution in [3.8, 4) is 0 Å². The van der Waals surface area contributed by atoms with E-state index in [1.165, 1.54) is 6.92 Å². The summed E-state index contributed by atoms with van der Waals surface area (Å²) in [5.41, 5.74) is -0.678. The zero-order chi connectivity index (χ0) is 12.5. The molecule has 5 nitrogen and oxygen atoms in total. The van der Waals surface area contributed by atoms with E-state index in [9.17, 15) is 22.9 Å². The van der Waals surface area contributed by atoms with E-state index < -0.39 is 30.4 Å². The molecule has 0 radical (unpaired) electrons. The molecule has 0 bridgehead atoms. The van der Waals surface area contributed by atoms with E-state index in [4.69, 9.17) is 10.7 Å². The Bertz CT molecular complexity index is 543. The highest BCUT2D eigenvalue weighted by atomic mass is 35.7. The van der Waals surface area contributed by atoms with Gasteiger partial charge < -0.3 is 0 Å². The monoisotopic (exact) mass is 267 g/mol. The molecule has 1 aromatic rings. The summed E-state index contributed by atoms with van der Waals surface area (Å²) in [5.74, 6) is -1.09. The Morgan fingerprint density at radius 2 is 2.06 bits per heavy atom. The first kappa shape index (κ1) is 12.9. The van der Waals surface area contributed by atoms with Gasteiger partial charge in [-0.1, -0.05) is 6.92 Å². The van der Waals surface area contributed by atoms with Crippen molar-refractivity contribution in [3.05, 3.63) is 33.6 Å². The van der Waals surface area contributed by atoms with E-state index in [2.05, 4.69) is 0 Å². The highest BCUT2D eigenvalue weighted by molar-refractivity contribution is 8.13. The fraction of sp³-hybridized carbons (Fsp3) is 0.250. The molecule has 0 fully saturated rings. The second kappa shape index (κ2) is 4.34. The number of benzene rings is 1. The zero-order valence-corrected chi connectivity index (χ0v) is 9.68.